The molecule has 1 aromatic carbocycles. The minimum Gasteiger partial charge on any atom is -0.216 e. The molecule has 0 saturated carbocycles. The molecule has 0 aliphatic rings. The average molecular weight is 324 g/mol. The third kappa shape index (κ3) is 2.49. The molecule has 6 heteroatoms. The second-order valence-electron chi connectivity index (χ2n) is 5.07. The van der Waals surface area contributed by atoms with Crippen molar-refractivity contribution in [1.29, 1.82) is 0 Å². The largest absolute Gasteiger partial charge is 0.216 e. The van der Waals surface area contributed by atoms with E-state index in [2.05, 4.69) is 10.1 Å². The molecule has 0 aliphatic heterocycles. The molecule has 0 N–H and O–H groups in total. The Hall–Kier alpha value is -1.65. The van der Waals surface area contributed by atoms with E-state index in [1.165, 1.54) is 12.1 Å². The van der Waals surface area contributed by atoms with Gasteiger partial charge in [0.05, 0.1) is 11.3 Å². The van der Waals surface area contributed by atoms with Crippen LogP contribution in [0.1, 0.15) is 25.5 Å². The first kappa shape index (κ1) is 14.3. The molecule has 0 saturated heterocycles. The van der Waals surface area contributed by atoms with Crippen LogP contribution in [0.4, 0.5) is 4.39 Å². The Bertz CT molecular complexity index is 810. The zero-order valence-corrected chi connectivity index (χ0v) is 13.0. The van der Waals surface area contributed by atoms with Crippen LogP contribution in [0.5, 0.6) is 0 Å². The Balaban J connectivity index is 2.25. The maximum Gasteiger partial charge on any atom is 0.158 e. The molecule has 3 aromatic rings. The standard InChI is InChI=1S/C15H12Cl2FN3/c1-8(2)11-7-12-19-14(16)13(15(17)21(12)20-11)9-3-5-10(18)6-4-9/h3-8H,1-2H3. The van der Waals surface area contributed by atoms with Gasteiger partial charge in [0, 0.05) is 6.07 Å². The second kappa shape index (κ2) is 5.28. The van der Waals surface area contributed by atoms with Gasteiger partial charge in [-0.3, -0.25) is 0 Å². The number of halogens is 3. The van der Waals surface area contributed by atoms with Crippen molar-refractivity contribution in [3.05, 3.63) is 52.1 Å². The lowest BCUT2D eigenvalue weighted by Crippen LogP contribution is -1.98. The molecule has 0 amide bonds. The van der Waals surface area contributed by atoms with Crippen molar-refractivity contribution in [2.75, 3.05) is 0 Å². The molecule has 0 atom stereocenters. The molecular weight excluding hydrogens is 312 g/mol. The van der Waals surface area contributed by atoms with Gasteiger partial charge in [-0.05, 0) is 23.6 Å². The zero-order chi connectivity index (χ0) is 15.1. The Morgan fingerprint density at radius 3 is 2.43 bits per heavy atom. The zero-order valence-electron chi connectivity index (χ0n) is 11.4. The van der Waals surface area contributed by atoms with Crippen LogP contribution < -0.4 is 0 Å². The van der Waals surface area contributed by atoms with E-state index in [1.54, 1.807) is 16.6 Å². The number of nitrogens with zero attached hydrogens (tertiary/aromatic N) is 3. The lowest BCUT2D eigenvalue weighted by atomic mass is 10.1. The highest BCUT2D eigenvalue weighted by Crippen LogP contribution is 2.34. The van der Waals surface area contributed by atoms with Crippen molar-refractivity contribution in [2.45, 2.75) is 19.8 Å². The minimum atomic E-state index is -0.318. The predicted octanol–water partition coefficient (Wildman–Crippen LogP) is 4.97. The van der Waals surface area contributed by atoms with Gasteiger partial charge >= 0.3 is 0 Å². The van der Waals surface area contributed by atoms with Crippen LogP contribution in [0.2, 0.25) is 10.3 Å². The van der Waals surface area contributed by atoms with Crippen LogP contribution >= 0.6 is 23.2 Å². The SMILES string of the molecule is CC(C)c1cc2nc(Cl)c(-c3ccc(F)cc3)c(Cl)n2n1. The van der Waals surface area contributed by atoms with Gasteiger partial charge in [-0.15, -0.1) is 0 Å². The van der Waals surface area contributed by atoms with Gasteiger partial charge in [0.2, 0.25) is 0 Å². The molecule has 0 aliphatic carbocycles. The Morgan fingerprint density at radius 1 is 1.14 bits per heavy atom. The molecule has 108 valence electrons. The lowest BCUT2D eigenvalue weighted by molar-refractivity contribution is 0.628. The van der Waals surface area contributed by atoms with Crippen LogP contribution in [0.3, 0.4) is 0 Å². The van der Waals surface area contributed by atoms with Crippen molar-refractivity contribution in [3.63, 3.8) is 0 Å². The van der Waals surface area contributed by atoms with Crippen LogP contribution in [0, 0.1) is 5.82 Å². The fraction of sp³-hybridized carbons (Fsp3) is 0.200. The lowest BCUT2D eigenvalue weighted by Gasteiger charge is -2.08. The van der Waals surface area contributed by atoms with Crippen molar-refractivity contribution in [1.82, 2.24) is 14.6 Å². The van der Waals surface area contributed by atoms with Crippen LogP contribution in [-0.2, 0) is 0 Å². The Kier molecular flexibility index (Phi) is 3.59. The fourth-order valence-electron chi connectivity index (χ4n) is 2.10. The maximum atomic E-state index is 13.0. The first-order chi connectivity index (χ1) is 9.97. The molecule has 3 rings (SSSR count). The summed E-state index contributed by atoms with van der Waals surface area (Å²) in [5.74, 6) is -0.0583. The molecule has 2 aromatic heterocycles. The topological polar surface area (TPSA) is 30.2 Å². The molecule has 0 fully saturated rings. The summed E-state index contributed by atoms with van der Waals surface area (Å²) in [6.07, 6.45) is 0. The number of hydrogen-bond acceptors (Lipinski definition) is 2. The van der Waals surface area contributed by atoms with E-state index >= 15 is 0 Å². The predicted molar refractivity (Wildman–Crippen MR) is 82.5 cm³/mol. The molecule has 0 radical (unpaired) electrons. The first-order valence-electron chi connectivity index (χ1n) is 6.48. The van der Waals surface area contributed by atoms with E-state index in [0.29, 0.717) is 21.9 Å². The number of aromatic nitrogens is 3. The summed E-state index contributed by atoms with van der Waals surface area (Å²) in [6, 6.07) is 7.80. The van der Waals surface area contributed by atoms with E-state index < -0.39 is 0 Å². The summed E-state index contributed by atoms with van der Waals surface area (Å²) in [6.45, 7) is 4.08. The normalized spacial score (nSPS) is 11.5. The van der Waals surface area contributed by atoms with E-state index in [9.17, 15) is 4.39 Å². The summed E-state index contributed by atoms with van der Waals surface area (Å²) in [4.78, 5) is 4.33. The highest BCUT2D eigenvalue weighted by atomic mass is 35.5. The van der Waals surface area contributed by atoms with Gasteiger partial charge in [0.25, 0.3) is 0 Å². The molecule has 0 bridgehead atoms. The number of fused-ring (bicyclic) bond motifs is 1. The number of benzene rings is 1. The quantitative estimate of drug-likeness (QED) is 0.623. The summed E-state index contributed by atoms with van der Waals surface area (Å²) in [5.41, 5.74) is 2.72. The van der Waals surface area contributed by atoms with Gasteiger partial charge in [-0.1, -0.05) is 49.2 Å². The highest BCUT2D eigenvalue weighted by Gasteiger charge is 2.17. The van der Waals surface area contributed by atoms with Gasteiger partial charge in [0.15, 0.2) is 5.65 Å². The van der Waals surface area contributed by atoms with Gasteiger partial charge in [-0.2, -0.15) is 5.10 Å². The first-order valence-corrected chi connectivity index (χ1v) is 7.23. The third-order valence-electron chi connectivity index (χ3n) is 3.25. The molecule has 0 spiro atoms. The average Bonchev–Trinajstić information content (AvgIpc) is 2.85. The fourth-order valence-corrected chi connectivity index (χ4v) is 2.75. The molecular formula is C15H12Cl2FN3. The number of rotatable bonds is 2. The Morgan fingerprint density at radius 2 is 1.81 bits per heavy atom. The third-order valence-corrected chi connectivity index (χ3v) is 3.87. The number of hydrogen-bond donors (Lipinski definition) is 0. The van der Waals surface area contributed by atoms with Gasteiger partial charge in [0.1, 0.15) is 16.1 Å². The van der Waals surface area contributed by atoms with Crippen molar-refractivity contribution in [3.8, 4) is 11.1 Å². The van der Waals surface area contributed by atoms with E-state index in [0.717, 1.165) is 5.69 Å². The molecule has 3 nitrogen and oxygen atoms in total. The van der Waals surface area contributed by atoms with Crippen LogP contribution in [0.25, 0.3) is 16.8 Å². The van der Waals surface area contributed by atoms with E-state index in [1.807, 2.05) is 19.9 Å². The summed E-state index contributed by atoms with van der Waals surface area (Å²) in [5, 5.41) is 5.08. The summed E-state index contributed by atoms with van der Waals surface area (Å²) in [7, 11) is 0. The monoisotopic (exact) mass is 323 g/mol. The summed E-state index contributed by atoms with van der Waals surface area (Å²) < 4.78 is 14.6. The van der Waals surface area contributed by atoms with Crippen molar-refractivity contribution in [2.24, 2.45) is 0 Å². The summed E-state index contributed by atoms with van der Waals surface area (Å²) >= 11 is 12.7. The van der Waals surface area contributed by atoms with Gasteiger partial charge in [-0.25, -0.2) is 13.9 Å². The Labute approximate surface area is 131 Å². The van der Waals surface area contributed by atoms with E-state index in [-0.39, 0.29) is 16.9 Å². The highest BCUT2D eigenvalue weighted by molar-refractivity contribution is 6.38. The van der Waals surface area contributed by atoms with E-state index in [4.69, 9.17) is 23.2 Å². The van der Waals surface area contributed by atoms with Crippen molar-refractivity contribution < 1.29 is 4.39 Å². The van der Waals surface area contributed by atoms with Crippen LogP contribution in [-0.4, -0.2) is 14.6 Å². The molecule has 21 heavy (non-hydrogen) atoms. The maximum absolute atomic E-state index is 13.0. The minimum absolute atomic E-state index is 0.260. The molecule has 0 unspecified atom stereocenters. The smallest absolute Gasteiger partial charge is 0.158 e. The molecule has 2 heterocycles. The van der Waals surface area contributed by atoms with Crippen LogP contribution in [0.15, 0.2) is 30.3 Å². The van der Waals surface area contributed by atoms with Gasteiger partial charge < -0.3 is 0 Å². The second-order valence-corrected chi connectivity index (χ2v) is 5.79. The van der Waals surface area contributed by atoms with Crippen molar-refractivity contribution >= 4 is 28.8 Å².